The predicted octanol–water partition coefficient (Wildman–Crippen LogP) is 3.03. The van der Waals surface area contributed by atoms with E-state index in [1.165, 1.54) is 16.5 Å². The minimum atomic E-state index is 0.180. The lowest BCUT2D eigenvalue weighted by atomic mass is 10.1. The molecule has 0 aliphatic rings. The van der Waals surface area contributed by atoms with Crippen LogP contribution in [0.2, 0.25) is 0 Å². The maximum atomic E-state index is 3.55. The number of aromatic amines is 1. The van der Waals surface area contributed by atoms with Gasteiger partial charge < -0.3 is 15.6 Å². The lowest BCUT2D eigenvalue weighted by Gasteiger charge is -2.24. The molecule has 3 heteroatoms. The first kappa shape index (κ1) is 14.1. The molecule has 0 radical (unpaired) electrons. The molecule has 3 N–H and O–H groups in total. The van der Waals surface area contributed by atoms with E-state index in [1.54, 1.807) is 0 Å². The first-order chi connectivity index (χ1) is 8.94. The molecule has 0 saturated carbocycles. The Kier molecular flexibility index (Phi) is 4.27. The topological polar surface area (TPSA) is 39.8 Å². The van der Waals surface area contributed by atoms with Gasteiger partial charge in [-0.25, -0.2) is 0 Å². The summed E-state index contributed by atoms with van der Waals surface area (Å²) in [7, 11) is 0. The van der Waals surface area contributed by atoms with Crippen LogP contribution in [-0.2, 0) is 6.54 Å². The first-order valence-corrected chi connectivity index (χ1v) is 6.98. The molecule has 1 unspecified atom stereocenters. The van der Waals surface area contributed by atoms with Crippen LogP contribution in [-0.4, -0.2) is 23.1 Å². The molecule has 0 aliphatic heterocycles. The average molecular weight is 259 g/mol. The molecule has 1 aromatic heterocycles. The highest BCUT2D eigenvalue weighted by Gasteiger charge is 2.10. The largest absolute Gasteiger partial charge is 0.361 e. The van der Waals surface area contributed by atoms with Crippen LogP contribution in [0, 0.1) is 0 Å². The van der Waals surface area contributed by atoms with E-state index >= 15 is 0 Å². The Balaban J connectivity index is 1.84. The van der Waals surface area contributed by atoms with Crippen LogP contribution in [0.3, 0.4) is 0 Å². The zero-order chi connectivity index (χ0) is 13.9. The molecule has 0 amide bonds. The van der Waals surface area contributed by atoms with Crippen molar-refractivity contribution in [3.63, 3.8) is 0 Å². The van der Waals surface area contributed by atoms with Crippen LogP contribution in [0.4, 0.5) is 0 Å². The van der Waals surface area contributed by atoms with Crippen molar-refractivity contribution in [1.82, 2.24) is 15.6 Å². The van der Waals surface area contributed by atoms with Crippen LogP contribution < -0.4 is 10.6 Å². The summed E-state index contributed by atoms with van der Waals surface area (Å²) in [4.78, 5) is 3.25. The maximum Gasteiger partial charge on any atom is 0.0457 e. The minimum Gasteiger partial charge on any atom is -0.361 e. The minimum absolute atomic E-state index is 0.180. The lowest BCUT2D eigenvalue weighted by Crippen LogP contribution is -2.44. The van der Waals surface area contributed by atoms with Crippen LogP contribution in [0.5, 0.6) is 0 Å². The standard InChI is InChI=1S/C16H25N3/c1-12(10-19-16(2,3)4)18-11-13-5-6-14-7-8-17-15(14)9-13/h5-9,12,17-19H,10-11H2,1-4H3. The van der Waals surface area contributed by atoms with E-state index in [0.717, 1.165) is 13.1 Å². The van der Waals surface area contributed by atoms with Gasteiger partial charge in [0, 0.05) is 36.4 Å². The van der Waals surface area contributed by atoms with Gasteiger partial charge in [-0.3, -0.25) is 0 Å². The Bertz CT molecular complexity index is 522. The molecule has 1 aromatic carbocycles. The van der Waals surface area contributed by atoms with Gasteiger partial charge in [-0.2, -0.15) is 0 Å². The zero-order valence-corrected chi connectivity index (χ0v) is 12.4. The SMILES string of the molecule is CC(CNC(C)(C)C)NCc1ccc2cc[nH]c2c1. The molecule has 0 fully saturated rings. The molecular weight excluding hydrogens is 234 g/mol. The molecule has 0 aliphatic carbocycles. The molecule has 1 heterocycles. The second-order valence-electron chi connectivity index (χ2n) is 6.31. The zero-order valence-electron chi connectivity index (χ0n) is 12.4. The van der Waals surface area contributed by atoms with Crippen molar-refractivity contribution in [1.29, 1.82) is 0 Å². The molecule has 0 bridgehead atoms. The molecular formula is C16H25N3. The van der Waals surface area contributed by atoms with Crippen molar-refractivity contribution >= 4 is 10.9 Å². The molecule has 0 saturated heterocycles. The molecule has 2 aromatic rings. The fourth-order valence-corrected chi connectivity index (χ4v) is 2.03. The van der Waals surface area contributed by atoms with Gasteiger partial charge in [0.25, 0.3) is 0 Å². The molecule has 19 heavy (non-hydrogen) atoms. The molecule has 1 atom stereocenters. The van der Waals surface area contributed by atoms with Crippen LogP contribution >= 0.6 is 0 Å². The summed E-state index contributed by atoms with van der Waals surface area (Å²) >= 11 is 0. The Morgan fingerprint density at radius 1 is 1.21 bits per heavy atom. The van der Waals surface area contributed by atoms with E-state index in [4.69, 9.17) is 0 Å². The number of H-pyrrole nitrogens is 1. The number of fused-ring (bicyclic) bond motifs is 1. The number of hydrogen-bond donors (Lipinski definition) is 3. The Morgan fingerprint density at radius 3 is 2.74 bits per heavy atom. The van der Waals surface area contributed by atoms with Crippen molar-refractivity contribution in [3.8, 4) is 0 Å². The second-order valence-corrected chi connectivity index (χ2v) is 6.31. The third-order valence-corrected chi connectivity index (χ3v) is 3.21. The van der Waals surface area contributed by atoms with Gasteiger partial charge in [0.2, 0.25) is 0 Å². The van der Waals surface area contributed by atoms with Gasteiger partial charge in [0.15, 0.2) is 0 Å². The van der Waals surface area contributed by atoms with Gasteiger partial charge in [-0.05, 0) is 50.8 Å². The van der Waals surface area contributed by atoms with Crippen molar-refractivity contribution in [3.05, 3.63) is 36.0 Å². The molecule has 0 spiro atoms. The van der Waals surface area contributed by atoms with E-state index in [0.29, 0.717) is 6.04 Å². The average Bonchev–Trinajstić information content (AvgIpc) is 2.80. The van der Waals surface area contributed by atoms with Crippen molar-refractivity contribution in [2.24, 2.45) is 0 Å². The summed E-state index contributed by atoms with van der Waals surface area (Å²) in [6.45, 7) is 10.7. The summed E-state index contributed by atoms with van der Waals surface area (Å²) in [5.41, 5.74) is 2.70. The summed E-state index contributed by atoms with van der Waals surface area (Å²) < 4.78 is 0. The highest BCUT2D eigenvalue weighted by molar-refractivity contribution is 5.79. The number of rotatable bonds is 5. The van der Waals surface area contributed by atoms with E-state index in [-0.39, 0.29) is 5.54 Å². The van der Waals surface area contributed by atoms with Gasteiger partial charge in [-0.1, -0.05) is 12.1 Å². The molecule has 3 nitrogen and oxygen atoms in total. The van der Waals surface area contributed by atoms with Crippen molar-refractivity contribution in [2.75, 3.05) is 6.54 Å². The van der Waals surface area contributed by atoms with Crippen LogP contribution in [0.15, 0.2) is 30.5 Å². The normalized spacial score (nSPS) is 13.9. The second kappa shape index (κ2) is 5.76. The quantitative estimate of drug-likeness (QED) is 0.772. The van der Waals surface area contributed by atoms with E-state index in [9.17, 15) is 0 Å². The fraction of sp³-hybridized carbons (Fsp3) is 0.500. The monoisotopic (exact) mass is 259 g/mol. The number of benzene rings is 1. The third kappa shape index (κ3) is 4.37. The van der Waals surface area contributed by atoms with Crippen molar-refractivity contribution in [2.45, 2.75) is 45.8 Å². The Labute approximate surface area is 115 Å². The highest BCUT2D eigenvalue weighted by atomic mass is 15.0. The van der Waals surface area contributed by atoms with Gasteiger partial charge in [0.05, 0.1) is 0 Å². The van der Waals surface area contributed by atoms with E-state index in [1.807, 2.05) is 6.20 Å². The fourth-order valence-electron chi connectivity index (χ4n) is 2.03. The van der Waals surface area contributed by atoms with Crippen LogP contribution in [0.1, 0.15) is 33.3 Å². The predicted molar refractivity (Wildman–Crippen MR) is 82.4 cm³/mol. The third-order valence-electron chi connectivity index (χ3n) is 3.21. The maximum absolute atomic E-state index is 3.55. The first-order valence-electron chi connectivity index (χ1n) is 6.98. The van der Waals surface area contributed by atoms with Gasteiger partial charge >= 0.3 is 0 Å². The number of nitrogens with one attached hydrogen (secondary N) is 3. The lowest BCUT2D eigenvalue weighted by molar-refractivity contribution is 0.387. The molecule has 2 rings (SSSR count). The van der Waals surface area contributed by atoms with E-state index in [2.05, 4.69) is 67.6 Å². The van der Waals surface area contributed by atoms with Gasteiger partial charge in [-0.15, -0.1) is 0 Å². The van der Waals surface area contributed by atoms with Gasteiger partial charge in [0.1, 0.15) is 0 Å². The number of aromatic nitrogens is 1. The summed E-state index contributed by atoms with van der Waals surface area (Å²) in [6.07, 6.45) is 1.98. The number of hydrogen-bond acceptors (Lipinski definition) is 2. The molecule has 104 valence electrons. The summed E-state index contributed by atoms with van der Waals surface area (Å²) in [5.74, 6) is 0. The highest BCUT2D eigenvalue weighted by Crippen LogP contribution is 2.14. The smallest absolute Gasteiger partial charge is 0.0457 e. The van der Waals surface area contributed by atoms with Crippen LogP contribution in [0.25, 0.3) is 10.9 Å². The summed E-state index contributed by atoms with van der Waals surface area (Å²) in [5, 5.41) is 8.34. The van der Waals surface area contributed by atoms with Crippen molar-refractivity contribution < 1.29 is 0 Å². The Hall–Kier alpha value is -1.32. The summed E-state index contributed by atoms with van der Waals surface area (Å²) in [6, 6.07) is 9.13. The Morgan fingerprint density at radius 2 is 2.00 bits per heavy atom. The van der Waals surface area contributed by atoms with E-state index < -0.39 is 0 Å².